The van der Waals surface area contributed by atoms with Crippen LogP contribution in [0.4, 0.5) is 0 Å². The van der Waals surface area contributed by atoms with Crippen LogP contribution in [-0.2, 0) is 7.05 Å². The molecule has 0 radical (unpaired) electrons. The topological polar surface area (TPSA) is 72.3 Å². The lowest BCUT2D eigenvalue weighted by Crippen LogP contribution is -2.17. The number of aromatic nitrogens is 5. The Kier molecular flexibility index (Phi) is 5.67. The molecule has 1 unspecified atom stereocenters. The van der Waals surface area contributed by atoms with Gasteiger partial charge in [0.1, 0.15) is 12.0 Å². The first-order valence-electron chi connectivity index (χ1n) is 9.45. The fourth-order valence-corrected chi connectivity index (χ4v) is 3.86. The number of aryl methyl sites for hydroxylation is 1. The number of rotatable bonds is 4. The molecule has 0 aliphatic heterocycles. The Bertz CT molecular complexity index is 895. The van der Waals surface area contributed by atoms with E-state index in [4.69, 9.17) is 0 Å². The molecule has 0 aromatic carbocycles. The average molecular weight is 350 g/mol. The van der Waals surface area contributed by atoms with Gasteiger partial charge in [-0.2, -0.15) is 10.4 Å². The predicted octanol–water partition coefficient (Wildman–Crippen LogP) is 4.50. The molecule has 0 amide bonds. The van der Waals surface area contributed by atoms with Crippen molar-refractivity contribution in [3.63, 3.8) is 0 Å². The van der Waals surface area contributed by atoms with Crippen LogP contribution in [0.3, 0.4) is 0 Å². The molecular weight excluding hydrogens is 324 g/mol. The van der Waals surface area contributed by atoms with Gasteiger partial charge in [-0.3, -0.25) is 4.68 Å². The van der Waals surface area contributed by atoms with Crippen molar-refractivity contribution >= 4 is 11.0 Å². The van der Waals surface area contributed by atoms with Crippen LogP contribution in [0.25, 0.3) is 22.3 Å². The number of fused-ring (bicyclic) bond motifs is 1. The number of nitrogens with zero attached hydrogens (tertiary/aromatic N) is 6. The van der Waals surface area contributed by atoms with Gasteiger partial charge < -0.3 is 4.57 Å². The lowest BCUT2D eigenvalue weighted by molar-refractivity contribution is 0.315. The first kappa shape index (κ1) is 18.1. The second kappa shape index (κ2) is 8.13. The molecule has 136 valence electrons. The predicted molar refractivity (Wildman–Crippen MR) is 102 cm³/mol. The van der Waals surface area contributed by atoms with Gasteiger partial charge >= 0.3 is 0 Å². The minimum atomic E-state index is 0.166. The third kappa shape index (κ3) is 3.34. The van der Waals surface area contributed by atoms with Gasteiger partial charge in [-0.1, -0.05) is 26.7 Å². The van der Waals surface area contributed by atoms with Crippen LogP contribution in [0.5, 0.6) is 0 Å². The molecule has 1 aliphatic rings. The van der Waals surface area contributed by atoms with E-state index in [9.17, 15) is 5.26 Å². The molecule has 0 saturated heterocycles. The lowest BCUT2D eigenvalue weighted by atomic mass is 9.96. The first-order chi connectivity index (χ1) is 12.8. The van der Waals surface area contributed by atoms with Crippen LogP contribution in [0.15, 0.2) is 31.0 Å². The van der Waals surface area contributed by atoms with Crippen molar-refractivity contribution in [3.05, 3.63) is 31.0 Å². The molecule has 26 heavy (non-hydrogen) atoms. The molecule has 6 heteroatoms. The standard InChI is InChI=1S/C18H20N6.C2H6/c1-23-9-7-15-17(20-12-21-18(15)23)14-10-22-24(11-14)16(6-8-19)13-4-2-3-5-13;1-2/h7,9-13,16H,2-6H2,1H3;1-2H3. The van der Waals surface area contributed by atoms with Crippen LogP contribution < -0.4 is 0 Å². The van der Waals surface area contributed by atoms with E-state index in [0.717, 1.165) is 22.3 Å². The van der Waals surface area contributed by atoms with Gasteiger partial charge in [0.15, 0.2) is 0 Å². The van der Waals surface area contributed by atoms with Crippen molar-refractivity contribution < 1.29 is 0 Å². The van der Waals surface area contributed by atoms with Crippen LogP contribution in [-0.4, -0.2) is 24.3 Å². The normalized spacial score (nSPS) is 15.5. The molecule has 3 heterocycles. The third-order valence-corrected chi connectivity index (χ3v) is 5.12. The monoisotopic (exact) mass is 350 g/mol. The van der Waals surface area contributed by atoms with Gasteiger partial charge in [-0.15, -0.1) is 0 Å². The Morgan fingerprint density at radius 3 is 2.77 bits per heavy atom. The summed E-state index contributed by atoms with van der Waals surface area (Å²) in [6.07, 6.45) is 12.9. The molecule has 1 fully saturated rings. The fourth-order valence-electron chi connectivity index (χ4n) is 3.86. The van der Waals surface area contributed by atoms with Gasteiger partial charge in [0.05, 0.1) is 30.4 Å². The molecule has 0 N–H and O–H groups in total. The van der Waals surface area contributed by atoms with Crippen LogP contribution in [0.2, 0.25) is 0 Å². The fraction of sp³-hybridized carbons (Fsp3) is 0.500. The number of hydrogen-bond acceptors (Lipinski definition) is 4. The zero-order valence-corrected chi connectivity index (χ0v) is 15.8. The highest BCUT2D eigenvalue weighted by Gasteiger charge is 2.27. The molecule has 1 atom stereocenters. The van der Waals surface area contributed by atoms with E-state index in [-0.39, 0.29) is 6.04 Å². The summed E-state index contributed by atoms with van der Waals surface area (Å²) < 4.78 is 3.97. The maximum atomic E-state index is 9.21. The molecule has 1 aliphatic carbocycles. The van der Waals surface area contributed by atoms with Crippen molar-refractivity contribution in [2.75, 3.05) is 0 Å². The molecule has 1 saturated carbocycles. The highest BCUT2D eigenvalue weighted by Crippen LogP contribution is 2.36. The zero-order chi connectivity index (χ0) is 18.5. The molecule has 3 aromatic rings. The van der Waals surface area contributed by atoms with Crippen molar-refractivity contribution in [1.82, 2.24) is 24.3 Å². The summed E-state index contributed by atoms with van der Waals surface area (Å²) in [5.41, 5.74) is 2.79. The summed E-state index contributed by atoms with van der Waals surface area (Å²) in [5, 5.41) is 14.8. The van der Waals surface area contributed by atoms with E-state index in [1.54, 1.807) is 6.33 Å². The van der Waals surface area contributed by atoms with Crippen LogP contribution in [0.1, 0.15) is 52.0 Å². The first-order valence-corrected chi connectivity index (χ1v) is 9.45. The summed E-state index contributed by atoms with van der Waals surface area (Å²) in [4.78, 5) is 8.81. The summed E-state index contributed by atoms with van der Waals surface area (Å²) in [7, 11) is 1.98. The van der Waals surface area contributed by atoms with Gasteiger partial charge in [0.25, 0.3) is 0 Å². The highest BCUT2D eigenvalue weighted by molar-refractivity contribution is 5.90. The Hall–Kier alpha value is -2.68. The summed E-state index contributed by atoms with van der Waals surface area (Å²) in [5.74, 6) is 0.555. The minimum absolute atomic E-state index is 0.166. The third-order valence-electron chi connectivity index (χ3n) is 5.12. The smallest absolute Gasteiger partial charge is 0.143 e. The molecule has 0 spiro atoms. The molecular formula is C20H26N6. The Labute approximate surface area is 154 Å². The summed E-state index contributed by atoms with van der Waals surface area (Å²) in [6, 6.07) is 4.53. The summed E-state index contributed by atoms with van der Waals surface area (Å²) >= 11 is 0. The second-order valence-electron chi connectivity index (χ2n) is 6.57. The van der Waals surface area contributed by atoms with E-state index in [1.165, 1.54) is 25.7 Å². The molecule has 4 rings (SSSR count). The van der Waals surface area contributed by atoms with E-state index >= 15 is 0 Å². The second-order valence-corrected chi connectivity index (χ2v) is 6.57. The maximum absolute atomic E-state index is 9.21. The van der Waals surface area contributed by atoms with Gasteiger partial charge in [0.2, 0.25) is 0 Å². The quantitative estimate of drug-likeness (QED) is 0.694. The average Bonchev–Trinajstić information content (AvgIpc) is 3.43. The van der Waals surface area contributed by atoms with Crippen molar-refractivity contribution in [3.8, 4) is 17.3 Å². The van der Waals surface area contributed by atoms with E-state index in [2.05, 4.69) is 21.1 Å². The number of nitriles is 1. The maximum Gasteiger partial charge on any atom is 0.143 e. The largest absolute Gasteiger partial charge is 0.335 e. The molecule has 0 bridgehead atoms. The Balaban J connectivity index is 0.000000948. The van der Waals surface area contributed by atoms with E-state index in [0.29, 0.717) is 12.3 Å². The summed E-state index contributed by atoms with van der Waals surface area (Å²) in [6.45, 7) is 4.00. The molecule has 6 nitrogen and oxygen atoms in total. The van der Waals surface area contributed by atoms with Crippen molar-refractivity contribution in [2.24, 2.45) is 13.0 Å². The van der Waals surface area contributed by atoms with Gasteiger partial charge in [0, 0.05) is 30.4 Å². The van der Waals surface area contributed by atoms with Gasteiger partial charge in [-0.25, -0.2) is 9.97 Å². The minimum Gasteiger partial charge on any atom is -0.335 e. The number of hydrogen-bond donors (Lipinski definition) is 0. The lowest BCUT2D eigenvalue weighted by Gasteiger charge is -2.21. The van der Waals surface area contributed by atoms with Crippen LogP contribution in [0, 0.1) is 17.2 Å². The molecule has 3 aromatic heterocycles. The Morgan fingerprint density at radius 2 is 2.04 bits per heavy atom. The zero-order valence-electron chi connectivity index (χ0n) is 15.8. The van der Waals surface area contributed by atoms with Crippen molar-refractivity contribution in [2.45, 2.75) is 52.0 Å². The van der Waals surface area contributed by atoms with Crippen LogP contribution >= 0.6 is 0 Å². The van der Waals surface area contributed by atoms with E-state index in [1.807, 2.05) is 54.8 Å². The van der Waals surface area contributed by atoms with E-state index < -0.39 is 0 Å². The van der Waals surface area contributed by atoms with Crippen molar-refractivity contribution in [1.29, 1.82) is 5.26 Å². The Morgan fingerprint density at radius 1 is 1.27 bits per heavy atom. The van der Waals surface area contributed by atoms with Gasteiger partial charge in [-0.05, 0) is 24.8 Å². The SMILES string of the molecule is CC.Cn1ccc2c(-c3cnn(C(CC#N)C4CCCC4)c3)ncnc21. The highest BCUT2D eigenvalue weighted by atomic mass is 15.3.